The first-order valence-electron chi connectivity index (χ1n) is 21.4. The molecule has 1 heterocycles. The van der Waals surface area contributed by atoms with Gasteiger partial charge in [0.2, 0.25) is 28.7 Å². The van der Waals surface area contributed by atoms with E-state index in [2.05, 4.69) is 55.0 Å². The van der Waals surface area contributed by atoms with Crippen molar-refractivity contribution in [3.63, 3.8) is 0 Å². The van der Waals surface area contributed by atoms with Gasteiger partial charge in [0.05, 0.1) is 78.2 Å². The number of aromatic nitrogens is 3. The van der Waals surface area contributed by atoms with E-state index in [4.69, 9.17) is 20.7 Å². The van der Waals surface area contributed by atoms with Crippen LogP contribution in [-0.4, -0.2) is 157 Å². The summed E-state index contributed by atoms with van der Waals surface area (Å²) in [6, 6.07) is 10.3. The molecule has 4 aromatic carbocycles. The smallest absolute Gasteiger partial charge is 0.323 e. The summed E-state index contributed by atoms with van der Waals surface area (Å²) in [6.45, 7) is -1.95. The van der Waals surface area contributed by atoms with Gasteiger partial charge in [-0.05, 0) is 108 Å². The Labute approximate surface area is 473 Å². The van der Waals surface area contributed by atoms with Gasteiger partial charge in [0, 0.05) is 0 Å². The van der Waals surface area contributed by atoms with Crippen molar-refractivity contribution in [1.29, 1.82) is 0 Å². The molecule has 0 radical (unpaired) electrons. The number of allylic oxidation sites excluding steroid dienone is 2. The van der Waals surface area contributed by atoms with Crippen LogP contribution in [0.15, 0.2) is 112 Å². The normalized spacial score (nSPS) is 15.5. The number of nitrogens with zero attached hydrogens (tertiary/aromatic N) is 5. The predicted octanol–water partition coefficient (Wildman–Crippen LogP) is 1.48. The second-order valence-electron chi connectivity index (χ2n) is 16.3. The van der Waals surface area contributed by atoms with Gasteiger partial charge in [-0.2, -0.15) is 75.7 Å². The van der Waals surface area contributed by atoms with Crippen molar-refractivity contribution in [3.05, 3.63) is 110 Å². The van der Waals surface area contributed by atoms with Gasteiger partial charge in [0.25, 0.3) is 40.5 Å². The topological polar surface area (TPSA) is 559 Å². The number of carbonyl (C=O) groups is 2. The number of Topliss-reactive ketones (excluding diaryl/α,β-unsaturated/α-hetero) is 2. The number of hydrogen-bond acceptors (Lipinski definition) is 29. The van der Waals surface area contributed by atoms with E-state index in [-0.39, 0.29) is 11.4 Å². The van der Waals surface area contributed by atoms with Crippen molar-refractivity contribution in [2.45, 2.75) is 19.6 Å². The highest BCUT2D eigenvalue weighted by Gasteiger charge is 2.38. The Kier molecular flexibility index (Phi) is 17.7. The van der Waals surface area contributed by atoms with Crippen molar-refractivity contribution in [3.8, 4) is 0 Å². The Morgan fingerprint density at radius 3 is 1.10 bits per heavy atom. The van der Waals surface area contributed by atoms with Crippen LogP contribution < -0.4 is 21.5 Å². The molecule has 0 amide bonds. The maximum atomic E-state index is 14.3. The first-order chi connectivity index (χ1) is 38.1. The molecule has 83 heavy (non-hydrogen) atoms. The Bertz CT molecular complexity index is 4380. The number of hydrogen-bond donors (Lipinski definition) is 10. The number of nitrogens with one attached hydrogen (secondary N) is 4. The first kappa shape index (κ1) is 63.4. The lowest BCUT2D eigenvalue weighted by molar-refractivity contribution is 0.105. The fraction of sp³-hybridized carbons (Fsp3) is 0.103. The number of halogens is 1. The maximum Gasteiger partial charge on any atom is 0.397 e. The molecule has 35 nitrogen and oxygen atoms in total. The largest absolute Gasteiger partial charge is 0.397 e. The van der Waals surface area contributed by atoms with Crippen molar-refractivity contribution in [1.82, 2.24) is 15.0 Å². The molecule has 2 aliphatic carbocycles. The van der Waals surface area contributed by atoms with Crippen LogP contribution in [0.25, 0.3) is 12.2 Å². The average molecular weight is 1330 g/mol. The van der Waals surface area contributed by atoms with Crippen LogP contribution in [0.2, 0.25) is 5.28 Å². The molecule has 7 rings (SSSR count). The molecule has 44 heteroatoms. The average Bonchev–Trinajstić information content (AvgIpc) is 3.53. The van der Waals surface area contributed by atoms with Gasteiger partial charge in [0.15, 0.2) is 31.1 Å². The van der Waals surface area contributed by atoms with Crippen LogP contribution >= 0.6 is 11.6 Å². The van der Waals surface area contributed by atoms with Gasteiger partial charge in [-0.15, -0.1) is 0 Å². The third kappa shape index (κ3) is 15.7. The quantitative estimate of drug-likeness (QED) is 0.0346. The summed E-state index contributed by atoms with van der Waals surface area (Å²) < 4.78 is 261. The fourth-order valence-corrected chi connectivity index (χ4v) is 12.7. The number of carbonyl (C=O) groups excluding carboxylic acids is 2. The molecule has 10 N–H and O–H groups in total. The van der Waals surface area contributed by atoms with Gasteiger partial charge in [-0.1, -0.05) is 0 Å². The van der Waals surface area contributed by atoms with E-state index in [9.17, 15) is 95.1 Å². The third-order valence-corrected chi connectivity index (χ3v) is 18.5. The minimum atomic E-state index is -5.47. The fourth-order valence-electron chi connectivity index (χ4n) is 7.14. The summed E-state index contributed by atoms with van der Waals surface area (Å²) in [7, 11) is -40.0. The molecule has 1 aromatic heterocycles. The van der Waals surface area contributed by atoms with E-state index < -0.39 is 209 Å². The zero-order valence-corrected chi connectivity index (χ0v) is 47.4. The third-order valence-electron chi connectivity index (χ3n) is 10.7. The highest BCUT2D eigenvalue weighted by Crippen LogP contribution is 2.37. The predicted molar refractivity (Wildman–Crippen MR) is 286 cm³/mol. The zero-order chi connectivity index (χ0) is 61.6. The molecule has 5 aromatic rings. The second kappa shape index (κ2) is 23.1. The van der Waals surface area contributed by atoms with Gasteiger partial charge in [-0.3, -0.25) is 47.8 Å². The van der Waals surface area contributed by atoms with Gasteiger partial charge in [-0.25, -0.2) is 25.2 Å². The summed E-state index contributed by atoms with van der Waals surface area (Å²) in [4.78, 5) is 34.8. The van der Waals surface area contributed by atoms with E-state index in [0.717, 1.165) is 48.5 Å². The summed E-state index contributed by atoms with van der Waals surface area (Å²) in [5.41, 5.74) is -2.13. The van der Waals surface area contributed by atoms with Crippen LogP contribution in [0.3, 0.4) is 0 Å². The van der Waals surface area contributed by atoms with Gasteiger partial charge in [0.1, 0.15) is 9.81 Å². The Morgan fingerprint density at radius 1 is 0.458 bits per heavy atom. The summed E-state index contributed by atoms with van der Waals surface area (Å²) in [5, 5.41) is 11.5. The minimum absolute atomic E-state index is 0.161. The minimum Gasteiger partial charge on any atom is -0.323 e. The maximum absolute atomic E-state index is 14.3. The molecule has 0 unspecified atom stereocenters. The van der Waals surface area contributed by atoms with Gasteiger partial charge < -0.3 is 10.6 Å². The number of rotatable bonds is 22. The second-order valence-corrected chi connectivity index (χ2v) is 28.6. The van der Waals surface area contributed by atoms with Crippen LogP contribution in [0.4, 0.5) is 34.6 Å². The Balaban J connectivity index is 1.25. The molecule has 0 fully saturated rings. The Hall–Kier alpha value is -7.18. The lowest BCUT2D eigenvalue weighted by Crippen LogP contribution is -2.28. The molecular weight excluding hydrogens is 1300 g/mol. The van der Waals surface area contributed by atoms with Gasteiger partial charge >= 0.3 is 20.8 Å². The zero-order valence-electron chi connectivity index (χ0n) is 40.1. The summed E-state index contributed by atoms with van der Waals surface area (Å²) >= 11 is 6.21. The van der Waals surface area contributed by atoms with Crippen LogP contribution in [-0.2, 0) is 89.3 Å². The monoisotopic (exact) mass is 1330 g/mol. The Morgan fingerprint density at radius 2 is 0.795 bits per heavy atom. The standard InChI is InChI=1S/C39H32ClN9O26S8/c40-37-43-38(41-27-17-25(78(56,57)58)13-19-15-29(80(62,63)64)33(35(50)31(19)27)48-46-21-1-5-23(6-2-21)76(52,53)11-9-74-82(68,69)70)45-39(44-37)42-28-18-26(79(59,60)61)14-20-16-30(81(65,66)67)34(36(51)32(20)28)49-47-22-3-7-24(8-4-22)77(54,55)12-10-75-83(71,72)73/h1-8,13-18,46-47H,9-12H2,(H,56,57,58)(H,59,60,61)(H,62,63,64)(H,65,66,67)(H,68,69,70)(H,71,72,73)(H2,41,42,43,44,45)/b48-33+,49-34+. The van der Waals surface area contributed by atoms with Crippen LogP contribution in [0.5, 0.6) is 0 Å². The lowest BCUT2D eigenvalue weighted by atomic mass is 9.93. The van der Waals surface area contributed by atoms with E-state index >= 15 is 0 Å². The molecule has 0 saturated carbocycles. The van der Waals surface area contributed by atoms with E-state index in [1.54, 1.807) is 0 Å². The number of anilines is 6. The van der Waals surface area contributed by atoms with Crippen molar-refractivity contribution >= 4 is 162 Å². The van der Waals surface area contributed by atoms with E-state index in [0.29, 0.717) is 36.4 Å². The molecule has 0 bridgehead atoms. The van der Waals surface area contributed by atoms with Crippen molar-refractivity contribution in [2.24, 2.45) is 10.2 Å². The molecule has 444 valence electrons. The summed E-state index contributed by atoms with van der Waals surface area (Å²) in [6.07, 6.45) is 1.09. The number of hydrazone groups is 2. The first-order valence-corrected chi connectivity index (χ1v) is 33.6. The molecule has 0 atom stereocenters. The summed E-state index contributed by atoms with van der Waals surface area (Å²) in [5.74, 6) is -6.33. The SMILES string of the molecule is O=C1/C(=N/Nc2ccc(S(=O)(=O)CCOS(=O)(=O)O)cc2)C(S(=O)(=O)O)=Cc2cc(S(=O)(=O)O)cc(Nc3nc(Cl)nc(Nc4cc(S(=O)(=O)O)cc5c4C(=O)/C(=N/Nc4ccc(S(=O)(=O)CCOS(=O)(=O)O)cc4)C(S(=O)(=O)O)=C5)n3)c21. The number of ketones is 2. The highest BCUT2D eigenvalue weighted by atomic mass is 35.5. The van der Waals surface area contributed by atoms with Crippen molar-refractivity contribution in [2.75, 3.05) is 46.2 Å². The lowest BCUT2D eigenvalue weighted by Gasteiger charge is -2.21. The van der Waals surface area contributed by atoms with Crippen LogP contribution in [0.1, 0.15) is 31.8 Å². The molecule has 2 aliphatic rings. The van der Waals surface area contributed by atoms with E-state index in [1.165, 1.54) is 0 Å². The van der Waals surface area contributed by atoms with E-state index in [1.807, 2.05) is 0 Å². The van der Waals surface area contributed by atoms with Crippen molar-refractivity contribution < 1.29 is 113 Å². The molecular formula is C39H32ClN9O26S8. The highest BCUT2D eigenvalue weighted by molar-refractivity contribution is 7.92. The number of fused-ring (bicyclic) bond motifs is 2. The molecule has 0 spiro atoms. The molecule has 0 saturated heterocycles. The van der Waals surface area contributed by atoms with Crippen LogP contribution in [0, 0.1) is 0 Å². The number of sulfone groups is 2. The number of benzene rings is 4. The molecule has 0 aliphatic heterocycles.